The zero-order valence-corrected chi connectivity index (χ0v) is 14.3. The Labute approximate surface area is 135 Å². The molecule has 9 heteroatoms. The van der Waals surface area contributed by atoms with Crippen LogP contribution in [0.4, 0.5) is 0 Å². The van der Waals surface area contributed by atoms with E-state index in [1.54, 1.807) is 17.9 Å². The summed E-state index contributed by atoms with van der Waals surface area (Å²) in [6, 6.07) is -0.259. The highest BCUT2D eigenvalue weighted by Crippen LogP contribution is 2.27. The molecule has 0 aliphatic carbocycles. The molecule has 2 aromatic heterocycles. The lowest BCUT2D eigenvalue weighted by Crippen LogP contribution is -2.47. The largest absolute Gasteiger partial charge is 0.380 e. The smallest absolute Gasteiger partial charge is 0.262 e. The normalized spacial score (nSPS) is 19.0. The Bertz CT molecular complexity index is 795. The van der Waals surface area contributed by atoms with E-state index in [0.29, 0.717) is 19.6 Å². The molecule has 2 aromatic rings. The molecule has 23 heavy (non-hydrogen) atoms. The SMILES string of the molecule is CCOC[C@@H]1Cc2c(ncn2C)CN1S(=O)(=O)c1cn(C)cn1. The molecule has 1 aliphatic heterocycles. The lowest BCUT2D eigenvalue weighted by Gasteiger charge is -2.33. The van der Waals surface area contributed by atoms with Gasteiger partial charge in [-0.3, -0.25) is 0 Å². The van der Waals surface area contributed by atoms with Gasteiger partial charge in [0.25, 0.3) is 10.0 Å². The van der Waals surface area contributed by atoms with E-state index >= 15 is 0 Å². The second kappa shape index (κ2) is 6.06. The van der Waals surface area contributed by atoms with Gasteiger partial charge in [-0.25, -0.2) is 18.4 Å². The fourth-order valence-corrected chi connectivity index (χ4v) is 4.36. The number of aromatic nitrogens is 4. The van der Waals surface area contributed by atoms with Crippen molar-refractivity contribution in [2.24, 2.45) is 14.1 Å². The molecule has 1 atom stereocenters. The summed E-state index contributed by atoms with van der Waals surface area (Å²) >= 11 is 0. The van der Waals surface area contributed by atoms with E-state index in [1.165, 1.54) is 16.8 Å². The molecule has 1 aliphatic rings. The number of fused-ring (bicyclic) bond motifs is 1. The van der Waals surface area contributed by atoms with E-state index in [-0.39, 0.29) is 17.6 Å². The number of rotatable bonds is 5. The number of hydrogen-bond acceptors (Lipinski definition) is 5. The van der Waals surface area contributed by atoms with Gasteiger partial charge in [-0.05, 0) is 6.92 Å². The topological polar surface area (TPSA) is 82.3 Å². The minimum absolute atomic E-state index is 0.0564. The summed E-state index contributed by atoms with van der Waals surface area (Å²) in [5.74, 6) is 0. The first-order chi connectivity index (χ1) is 10.9. The van der Waals surface area contributed by atoms with Crippen molar-refractivity contribution in [2.45, 2.75) is 31.0 Å². The van der Waals surface area contributed by atoms with Crippen molar-refractivity contribution < 1.29 is 13.2 Å². The molecule has 3 rings (SSSR count). The molecule has 126 valence electrons. The van der Waals surface area contributed by atoms with E-state index in [2.05, 4.69) is 9.97 Å². The maximum atomic E-state index is 13.0. The van der Waals surface area contributed by atoms with Crippen molar-refractivity contribution in [3.05, 3.63) is 30.2 Å². The molecule has 0 N–H and O–H groups in total. The molecular formula is C14H21N5O3S. The Morgan fingerprint density at radius 1 is 1.30 bits per heavy atom. The first kappa shape index (κ1) is 16.2. The van der Waals surface area contributed by atoms with Crippen LogP contribution in [0.3, 0.4) is 0 Å². The minimum Gasteiger partial charge on any atom is -0.380 e. The third-order valence-corrected chi connectivity index (χ3v) is 5.84. The summed E-state index contributed by atoms with van der Waals surface area (Å²) in [5.41, 5.74) is 1.85. The van der Waals surface area contributed by atoms with Crippen molar-refractivity contribution >= 4 is 10.0 Å². The van der Waals surface area contributed by atoms with Gasteiger partial charge in [0.15, 0.2) is 5.03 Å². The van der Waals surface area contributed by atoms with Crippen molar-refractivity contribution in [3.8, 4) is 0 Å². The zero-order valence-electron chi connectivity index (χ0n) is 13.5. The van der Waals surface area contributed by atoms with Crippen molar-refractivity contribution in [1.29, 1.82) is 0 Å². The Kier molecular flexibility index (Phi) is 4.26. The van der Waals surface area contributed by atoms with Gasteiger partial charge in [0.2, 0.25) is 0 Å². The van der Waals surface area contributed by atoms with Crippen LogP contribution < -0.4 is 0 Å². The number of aryl methyl sites for hydroxylation is 2. The maximum Gasteiger partial charge on any atom is 0.262 e. The molecule has 0 amide bonds. The first-order valence-electron chi connectivity index (χ1n) is 7.50. The van der Waals surface area contributed by atoms with Crippen molar-refractivity contribution in [3.63, 3.8) is 0 Å². The van der Waals surface area contributed by atoms with Gasteiger partial charge < -0.3 is 13.9 Å². The van der Waals surface area contributed by atoms with Crippen LogP contribution in [-0.2, 0) is 41.8 Å². The summed E-state index contributed by atoms with van der Waals surface area (Å²) in [6.07, 6.45) is 5.30. The fourth-order valence-electron chi connectivity index (χ4n) is 2.82. The summed E-state index contributed by atoms with van der Waals surface area (Å²) < 4.78 is 36.4. The quantitative estimate of drug-likeness (QED) is 0.783. The van der Waals surface area contributed by atoms with Crippen molar-refractivity contribution in [1.82, 2.24) is 23.4 Å². The third kappa shape index (κ3) is 2.91. The number of sulfonamides is 1. The lowest BCUT2D eigenvalue weighted by atomic mass is 10.1. The van der Waals surface area contributed by atoms with Crippen LogP contribution in [0.2, 0.25) is 0 Å². The minimum atomic E-state index is -3.68. The average Bonchev–Trinajstić information content (AvgIpc) is 3.11. The highest BCUT2D eigenvalue weighted by Gasteiger charge is 2.38. The van der Waals surface area contributed by atoms with E-state index in [0.717, 1.165) is 11.4 Å². The fraction of sp³-hybridized carbons (Fsp3) is 0.571. The number of imidazole rings is 2. The summed E-state index contributed by atoms with van der Waals surface area (Å²) in [4.78, 5) is 8.33. The van der Waals surface area contributed by atoms with Crippen molar-refractivity contribution in [2.75, 3.05) is 13.2 Å². The van der Waals surface area contributed by atoms with Crippen LogP contribution in [0.1, 0.15) is 18.3 Å². The molecule has 0 saturated heterocycles. The molecule has 3 heterocycles. The summed E-state index contributed by atoms with van der Waals surface area (Å²) in [5, 5.41) is 0.0564. The molecule has 0 saturated carbocycles. The van der Waals surface area contributed by atoms with Gasteiger partial charge in [0, 0.05) is 39.0 Å². The maximum absolute atomic E-state index is 13.0. The van der Waals surface area contributed by atoms with Gasteiger partial charge in [-0.15, -0.1) is 0 Å². The molecule has 0 aromatic carbocycles. The standard InChI is InChI=1S/C14H21N5O3S/c1-4-22-8-11-5-13-12(15-10-18(13)3)6-19(11)23(20,21)14-7-17(2)9-16-14/h7,9-11H,4-6,8H2,1-3H3/t11-/m0/s1. The van der Waals surface area contributed by atoms with Crippen LogP contribution in [0.5, 0.6) is 0 Å². The number of nitrogens with zero attached hydrogens (tertiary/aromatic N) is 5. The number of hydrogen-bond donors (Lipinski definition) is 0. The van der Waals surface area contributed by atoms with Gasteiger partial charge in [-0.2, -0.15) is 4.31 Å². The van der Waals surface area contributed by atoms with Gasteiger partial charge in [0.05, 0.1) is 37.5 Å². The summed E-state index contributed by atoms with van der Waals surface area (Å²) in [6.45, 7) is 3.04. The van der Waals surface area contributed by atoms with Gasteiger partial charge in [-0.1, -0.05) is 0 Å². The molecule has 8 nitrogen and oxygen atoms in total. The Morgan fingerprint density at radius 2 is 2.09 bits per heavy atom. The summed E-state index contributed by atoms with van der Waals surface area (Å²) in [7, 11) is -0.0122. The Morgan fingerprint density at radius 3 is 2.74 bits per heavy atom. The third-order valence-electron chi connectivity index (χ3n) is 4.06. The Hall–Kier alpha value is -1.71. The predicted octanol–water partition coefficient (Wildman–Crippen LogP) is 0.306. The van der Waals surface area contributed by atoms with E-state index in [1.807, 2.05) is 18.5 Å². The zero-order chi connectivity index (χ0) is 16.6. The molecular weight excluding hydrogens is 318 g/mol. The molecule has 0 fully saturated rings. The van der Waals surface area contributed by atoms with Crippen LogP contribution >= 0.6 is 0 Å². The molecule has 0 bridgehead atoms. The second-order valence-corrected chi connectivity index (χ2v) is 7.53. The van der Waals surface area contributed by atoms with E-state index < -0.39 is 10.0 Å². The first-order valence-corrected chi connectivity index (χ1v) is 8.94. The monoisotopic (exact) mass is 339 g/mol. The van der Waals surface area contributed by atoms with Crippen LogP contribution in [0, 0.1) is 0 Å². The molecule has 0 unspecified atom stereocenters. The average molecular weight is 339 g/mol. The highest BCUT2D eigenvalue weighted by molar-refractivity contribution is 7.89. The molecule has 0 radical (unpaired) electrons. The van der Waals surface area contributed by atoms with Crippen LogP contribution in [0.15, 0.2) is 23.9 Å². The second-order valence-electron chi connectivity index (χ2n) is 5.69. The van der Waals surface area contributed by atoms with E-state index in [4.69, 9.17) is 4.74 Å². The van der Waals surface area contributed by atoms with Gasteiger partial charge >= 0.3 is 0 Å². The number of ether oxygens (including phenoxy) is 1. The van der Waals surface area contributed by atoms with Crippen LogP contribution in [0.25, 0.3) is 0 Å². The predicted molar refractivity (Wildman–Crippen MR) is 83.1 cm³/mol. The lowest BCUT2D eigenvalue weighted by molar-refractivity contribution is 0.0901. The van der Waals surface area contributed by atoms with Gasteiger partial charge in [0.1, 0.15) is 0 Å². The highest BCUT2D eigenvalue weighted by atomic mass is 32.2. The Balaban J connectivity index is 1.97. The molecule has 0 spiro atoms. The van der Waals surface area contributed by atoms with E-state index in [9.17, 15) is 8.42 Å². The van der Waals surface area contributed by atoms with Crippen LogP contribution in [-0.4, -0.2) is 51.1 Å².